The van der Waals surface area contributed by atoms with Gasteiger partial charge in [-0.05, 0) is 48.1 Å². The molecule has 26 heavy (non-hydrogen) atoms. The average Bonchev–Trinajstić information content (AvgIpc) is 3.14. The van der Waals surface area contributed by atoms with Gasteiger partial charge in [-0.3, -0.25) is 9.59 Å². The first-order valence-electron chi connectivity index (χ1n) is 8.79. The molecule has 1 aromatic carbocycles. The highest BCUT2D eigenvalue weighted by Crippen LogP contribution is 2.38. The van der Waals surface area contributed by atoms with E-state index in [0.29, 0.717) is 13.2 Å². The van der Waals surface area contributed by atoms with Crippen molar-refractivity contribution in [3.05, 3.63) is 51.7 Å². The average molecular weight is 373 g/mol. The van der Waals surface area contributed by atoms with Crippen molar-refractivity contribution >= 4 is 23.2 Å². The number of methoxy groups -OCH3 is 1. The normalized spacial score (nSPS) is 16.1. The van der Waals surface area contributed by atoms with E-state index in [1.54, 1.807) is 25.4 Å². The van der Waals surface area contributed by atoms with Crippen LogP contribution >= 0.6 is 11.3 Å². The lowest BCUT2D eigenvalue weighted by atomic mass is 9.93. The largest absolute Gasteiger partial charge is 0.497 e. The SMILES string of the molecule is CCOC(=O)CCC(=O)N1CCc2sccc2C1c1ccc(OC)cc1. The molecule has 1 atom stereocenters. The fraction of sp³-hybridized carbons (Fsp3) is 0.400. The van der Waals surface area contributed by atoms with E-state index in [9.17, 15) is 9.59 Å². The van der Waals surface area contributed by atoms with Gasteiger partial charge in [-0.25, -0.2) is 0 Å². The van der Waals surface area contributed by atoms with Crippen molar-refractivity contribution in [2.75, 3.05) is 20.3 Å². The Kier molecular flexibility index (Phi) is 5.93. The van der Waals surface area contributed by atoms with Gasteiger partial charge in [-0.15, -0.1) is 11.3 Å². The lowest BCUT2D eigenvalue weighted by Crippen LogP contribution is -2.40. The predicted octanol–water partition coefficient (Wildman–Crippen LogP) is 3.57. The minimum atomic E-state index is -0.324. The molecule has 0 bridgehead atoms. The highest BCUT2D eigenvalue weighted by Gasteiger charge is 2.32. The van der Waals surface area contributed by atoms with Crippen molar-refractivity contribution < 1.29 is 19.1 Å². The Morgan fingerprint density at radius 2 is 1.96 bits per heavy atom. The van der Waals surface area contributed by atoms with Crippen LogP contribution in [0, 0.1) is 0 Å². The van der Waals surface area contributed by atoms with E-state index in [1.807, 2.05) is 29.2 Å². The maximum atomic E-state index is 12.8. The second-order valence-corrected chi connectivity index (χ2v) is 7.12. The number of rotatable bonds is 6. The zero-order valence-electron chi connectivity index (χ0n) is 15.1. The molecule has 2 aromatic rings. The van der Waals surface area contributed by atoms with E-state index < -0.39 is 0 Å². The van der Waals surface area contributed by atoms with Crippen LogP contribution in [0.25, 0.3) is 0 Å². The number of hydrogen-bond acceptors (Lipinski definition) is 5. The molecule has 0 aliphatic carbocycles. The highest BCUT2D eigenvalue weighted by molar-refractivity contribution is 7.10. The fourth-order valence-corrected chi connectivity index (χ4v) is 4.22. The maximum absolute atomic E-state index is 12.8. The number of carbonyl (C=O) groups is 2. The third-order valence-electron chi connectivity index (χ3n) is 4.57. The monoisotopic (exact) mass is 373 g/mol. The molecule has 1 aliphatic rings. The van der Waals surface area contributed by atoms with Gasteiger partial charge in [0.2, 0.25) is 5.91 Å². The fourth-order valence-electron chi connectivity index (χ4n) is 3.32. The number of ether oxygens (including phenoxy) is 2. The Morgan fingerprint density at radius 1 is 1.19 bits per heavy atom. The summed E-state index contributed by atoms with van der Waals surface area (Å²) in [7, 11) is 1.64. The van der Waals surface area contributed by atoms with E-state index in [-0.39, 0.29) is 30.8 Å². The Hall–Kier alpha value is -2.34. The first kappa shape index (κ1) is 18.5. The van der Waals surface area contributed by atoms with Crippen molar-refractivity contribution in [3.8, 4) is 5.75 Å². The molecule has 6 heteroatoms. The smallest absolute Gasteiger partial charge is 0.306 e. The molecule has 1 unspecified atom stereocenters. The summed E-state index contributed by atoms with van der Waals surface area (Å²) in [6.07, 6.45) is 1.14. The summed E-state index contributed by atoms with van der Waals surface area (Å²) in [5.41, 5.74) is 2.23. The number of fused-ring (bicyclic) bond motifs is 1. The Labute approximate surface area is 157 Å². The molecule has 0 fully saturated rings. The van der Waals surface area contributed by atoms with Crippen molar-refractivity contribution in [2.24, 2.45) is 0 Å². The first-order valence-corrected chi connectivity index (χ1v) is 9.67. The van der Waals surface area contributed by atoms with Gasteiger partial charge in [0.05, 0.1) is 26.2 Å². The van der Waals surface area contributed by atoms with Crippen molar-refractivity contribution in [1.29, 1.82) is 0 Å². The quantitative estimate of drug-likeness (QED) is 0.727. The second-order valence-electron chi connectivity index (χ2n) is 6.12. The summed E-state index contributed by atoms with van der Waals surface area (Å²) >= 11 is 1.73. The van der Waals surface area contributed by atoms with Crippen LogP contribution < -0.4 is 4.74 Å². The number of hydrogen-bond donors (Lipinski definition) is 0. The lowest BCUT2D eigenvalue weighted by Gasteiger charge is -2.36. The van der Waals surface area contributed by atoms with Crippen LogP contribution in [0.1, 0.15) is 41.8 Å². The van der Waals surface area contributed by atoms with Gasteiger partial charge in [-0.1, -0.05) is 12.1 Å². The van der Waals surface area contributed by atoms with Crippen LogP contribution in [0.2, 0.25) is 0 Å². The van der Waals surface area contributed by atoms with E-state index in [0.717, 1.165) is 17.7 Å². The zero-order chi connectivity index (χ0) is 18.5. The summed E-state index contributed by atoms with van der Waals surface area (Å²) < 4.78 is 10.2. The van der Waals surface area contributed by atoms with Crippen LogP contribution in [-0.4, -0.2) is 37.0 Å². The van der Waals surface area contributed by atoms with Gasteiger partial charge in [0, 0.05) is 17.8 Å². The molecule has 1 amide bonds. The summed E-state index contributed by atoms with van der Waals surface area (Å²) in [6.45, 7) is 2.76. The number of esters is 1. The number of thiophene rings is 1. The summed E-state index contributed by atoms with van der Waals surface area (Å²) in [5, 5.41) is 2.08. The summed E-state index contributed by atoms with van der Waals surface area (Å²) in [4.78, 5) is 27.7. The topological polar surface area (TPSA) is 55.8 Å². The standard InChI is InChI=1S/C20H23NO4S/c1-3-25-19(23)9-8-18(22)21-12-10-17-16(11-13-26-17)20(21)14-4-6-15(24-2)7-5-14/h4-7,11,13,20H,3,8-10,12H2,1-2H3. The van der Waals surface area contributed by atoms with Crippen LogP contribution in [0.5, 0.6) is 5.75 Å². The van der Waals surface area contributed by atoms with E-state index >= 15 is 0 Å². The van der Waals surface area contributed by atoms with Crippen molar-refractivity contribution in [1.82, 2.24) is 4.90 Å². The molecule has 0 spiro atoms. The number of amides is 1. The van der Waals surface area contributed by atoms with Gasteiger partial charge in [0.1, 0.15) is 5.75 Å². The molecule has 3 rings (SSSR count). The predicted molar refractivity (Wildman–Crippen MR) is 100 cm³/mol. The van der Waals surface area contributed by atoms with Crippen LogP contribution in [0.4, 0.5) is 0 Å². The van der Waals surface area contributed by atoms with Crippen molar-refractivity contribution in [3.63, 3.8) is 0 Å². The Balaban J connectivity index is 1.83. The molecule has 5 nitrogen and oxygen atoms in total. The molecule has 0 N–H and O–H groups in total. The molecule has 0 radical (unpaired) electrons. The first-order chi connectivity index (χ1) is 12.6. The van der Waals surface area contributed by atoms with E-state index in [1.165, 1.54) is 10.4 Å². The molecular formula is C20H23NO4S. The summed E-state index contributed by atoms with van der Waals surface area (Å²) in [5.74, 6) is 0.445. The van der Waals surface area contributed by atoms with Gasteiger partial charge >= 0.3 is 5.97 Å². The third kappa shape index (κ3) is 3.90. The lowest BCUT2D eigenvalue weighted by molar-refractivity contribution is -0.146. The van der Waals surface area contributed by atoms with Gasteiger partial charge in [-0.2, -0.15) is 0 Å². The molecule has 0 saturated carbocycles. The Bertz CT molecular complexity index is 768. The molecular weight excluding hydrogens is 350 g/mol. The number of nitrogens with zero attached hydrogens (tertiary/aromatic N) is 1. The van der Waals surface area contributed by atoms with E-state index in [4.69, 9.17) is 9.47 Å². The van der Waals surface area contributed by atoms with Crippen LogP contribution in [0.15, 0.2) is 35.7 Å². The minimum absolute atomic E-state index is 0.0179. The molecule has 1 aromatic heterocycles. The molecule has 138 valence electrons. The number of carbonyl (C=O) groups excluding carboxylic acids is 2. The van der Waals surface area contributed by atoms with Crippen LogP contribution in [0.3, 0.4) is 0 Å². The minimum Gasteiger partial charge on any atom is -0.497 e. The van der Waals surface area contributed by atoms with Gasteiger partial charge in [0.15, 0.2) is 0 Å². The highest BCUT2D eigenvalue weighted by atomic mass is 32.1. The summed E-state index contributed by atoms with van der Waals surface area (Å²) in [6, 6.07) is 9.81. The number of benzene rings is 1. The second kappa shape index (κ2) is 8.36. The van der Waals surface area contributed by atoms with Gasteiger partial charge < -0.3 is 14.4 Å². The molecule has 0 saturated heterocycles. The third-order valence-corrected chi connectivity index (χ3v) is 5.56. The Morgan fingerprint density at radius 3 is 2.65 bits per heavy atom. The maximum Gasteiger partial charge on any atom is 0.306 e. The molecule has 1 aliphatic heterocycles. The zero-order valence-corrected chi connectivity index (χ0v) is 15.9. The van der Waals surface area contributed by atoms with Gasteiger partial charge in [0.25, 0.3) is 0 Å². The van der Waals surface area contributed by atoms with Crippen LogP contribution in [-0.2, 0) is 20.7 Å². The van der Waals surface area contributed by atoms with Crippen molar-refractivity contribution in [2.45, 2.75) is 32.2 Å². The molecule has 2 heterocycles. The van der Waals surface area contributed by atoms with E-state index in [2.05, 4.69) is 11.4 Å².